The third-order valence-corrected chi connectivity index (χ3v) is 5.57. The lowest BCUT2D eigenvalue weighted by Crippen LogP contribution is -2.05. The molecule has 0 atom stereocenters. The Balaban J connectivity index is 1.64. The van der Waals surface area contributed by atoms with E-state index in [1.807, 2.05) is 24.3 Å². The fourth-order valence-electron chi connectivity index (χ4n) is 3.13. The molecule has 0 saturated carbocycles. The quantitative estimate of drug-likeness (QED) is 0.186. The number of benzene rings is 3. The number of nitro groups is 1. The van der Waals surface area contributed by atoms with E-state index in [-0.39, 0.29) is 23.9 Å². The summed E-state index contributed by atoms with van der Waals surface area (Å²) in [6.07, 6.45) is 1.55. The standard InChI is InChI=1S/C24H17BrN2O6/c1-31-21-8-4-6-16(22(21)32-14-17-5-2-3-7-19(17)25)13-20-24(28)33-23(26-20)15-9-11-18(12-10-15)27(29)30/h2-13H,14H2,1H3/b20-13-. The Morgan fingerprint density at radius 2 is 1.85 bits per heavy atom. The molecule has 0 spiro atoms. The van der Waals surface area contributed by atoms with Crippen LogP contribution in [-0.2, 0) is 16.1 Å². The molecule has 0 aromatic heterocycles. The number of aliphatic imine (C=N–C) groups is 1. The first kappa shape index (κ1) is 22.2. The number of nitro benzene ring substituents is 1. The van der Waals surface area contributed by atoms with Crippen LogP contribution in [0.4, 0.5) is 5.69 Å². The summed E-state index contributed by atoms with van der Waals surface area (Å²) in [4.78, 5) is 27.0. The summed E-state index contributed by atoms with van der Waals surface area (Å²) in [6, 6.07) is 18.6. The van der Waals surface area contributed by atoms with Crippen molar-refractivity contribution in [3.05, 3.63) is 104 Å². The fraction of sp³-hybridized carbons (Fsp3) is 0.0833. The Kier molecular flexibility index (Phi) is 6.50. The number of hydrogen-bond acceptors (Lipinski definition) is 7. The highest BCUT2D eigenvalue weighted by molar-refractivity contribution is 9.10. The molecule has 0 bridgehead atoms. The molecule has 8 nitrogen and oxygen atoms in total. The topological polar surface area (TPSA) is 100 Å². The smallest absolute Gasteiger partial charge is 0.363 e. The highest BCUT2D eigenvalue weighted by atomic mass is 79.9. The van der Waals surface area contributed by atoms with Crippen molar-refractivity contribution in [2.45, 2.75) is 6.61 Å². The van der Waals surface area contributed by atoms with E-state index in [9.17, 15) is 14.9 Å². The van der Waals surface area contributed by atoms with Crippen LogP contribution in [0, 0.1) is 10.1 Å². The molecule has 0 N–H and O–H groups in total. The number of hydrogen-bond donors (Lipinski definition) is 0. The number of esters is 1. The predicted molar refractivity (Wildman–Crippen MR) is 125 cm³/mol. The van der Waals surface area contributed by atoms with Crippen molar-refractivity contribution < 1.29 is 23.9 Å². The van der Waals surface area contributed by atoms with E-state index in [1.54, 1.807) is 24.3 Å². The van der Waals surface area contributed by atoms with Gasteiger partial charge in [0.05, 0.1) is 12.0 Å². The van der Waals surface area contributed by atoms with Crippen molar-refractivity contribution in [3.8, 4) is 11.5 Å². The molecule has 166 valence electrons. The summed E-state index contributed by atoms with van der Waals surface area (Å²) >= 11 is 3.50. The Morgan fingerprint density at radius 1 is 1.09 bits per heavy atom. The van der Waals surface area contributed by atoms with Gasteiger partial charge in [-0.3, -0.25) is 10.1 Å². The van der Waals surface area contributed by atoms with Crippen LogP contribution in [0.2, 0.25) is 0 Å². The largest absolute Gasteiger partial charge is 0.493 e. The van der Waals surface area contributed by atoms with Crippen LogP contribution in [0.3, 0.4) is 0 Å². The van der Waals surface area contributed by atoms with Crippen LogP contribution >= 0.6 is 15.9 Å². The van der Waals surface area contributed by atoms with Gasteiger partial charge >= 0.3 is 5.97 Å². The van der Waals surface area contributed by atoms with Gasteiger partial charge in [-0.05, 0) is 30.3 Å². The van der Waals surface area contributed by atoms with Gasteiger partial charge in [0.15, 0.2) is 17.2 Å². The zero-order valence-electron chi connectivity index (χ0n) is 17.4. The molecule has 1 aliphatic heterocycles. The van der Waals surface area contributed by atoms with E-state index in [4.69, 9.17) is 14.2 Å². The van der Waals surface area contributed by atoms with Gasteiger partial charge < -0.3 is 14.2 Å². The normalized spacial score (nSPS) is 14.1. The van der Waals surface area contributed by atoms with Crippen LogP contribution < -0.4 is 9.47 Å². The SMILES string of the molecule is COc1cccc(/C=C2\N=C(c3ccc([N+](=O)[O-])cc3)OC2=O)c1OCc1ccccc1Br. The molecule has 0 aliphatic carbocycles. The minimum atomic E-state index is -0.636. The summed E-state index contributed by atoms with van der Waals surface area (Å²) in [5, 5.41) is 10.8. The number of methoxy groups -OCH3 is 1. The molecule has 0 radical (unpaired) electrons. The number of rotatable bonds is 7. The lowest BCUT2D eigenvalue weighted by Gasteiger charge is -2.14. The first-order valence-corrected chi connectivity index (χ1v) is 10.6. The molecule has 0 amide bonds. The average Bonchev–Trinajstić information content (AvgIpc) is 3.19. The second-order valence-corrected chi connectivity index (χ2v) is 7.75. The monoisotopic (exact) mass is 508 g/mol. The predicted octanol–water partition coefficient (Wildman–Crippen LogP) is 5.29. The number of non-ortho nitro benzene ring substituents is 1. The summed E-state index contributed by atoms with van der Waals surface area (Å²) in [5.74, 6) is 0.389. The van der Waals surface area contributed by atoms with E-state index >= 15 is 0 Å². The zero-order chi connectivity index (χ0) is 23.4. The van der Waals surface area contributed by atoms with Crippen LogP contribution in [0.5, 0.6) is 11.5 Å². The van der Waals surface area contributed by atoms with E-state index in [0.717, 1.165) is 10.0 Å². The fourth-order valence-corrected chi connectivity index (χ4v) is 3.53. The zero-order valence-corrected chi connectivity index (χ0v) is 18.9. The van der Waals surface area contributed by atoms with E-state index in [1.165, 1.54) is 31.4 Å². The molecule has 3 aromatic carbocycles. The highest BCUT2D eigenvalue weighted by Crippen LogP contribution is 2.34. The van der Waals surface area contributed by atoms with Gasteiger partial charge in [0, 0.05) is 33.3 Å². The molecule has 9 heteroatoms. The van der Waals surface area contributed by atoms with Gasteiger partial charge in [-0.15, -0.1) is 0 Å². The average molecular weight is 509 g/mol. The third kappa shape index (κ3) is 4.93. The lowest BCUT2D eigenvalue weighted by molar-refractivity contribution is -0.384. The molecular weight excluding hydrogens is 492 g/mol. The Morgan fingerprint density at radius 3 is 2.55 bits per heavy atom. The Bertz CT molecular complexity index is 1280. The molecule has 3 aromatic rings. The van der Waals surface area contributed by atoms with Crippen molar-refractivity contribution in [1.29, 1.82) is 0 Å². The van der Waals surface area contributed by atoms with Crippen molar-refractivity contribution in [3.63, 3.8) is 0 Å². The lowest BCUT2D eigenvalue weighted by atomic mass is 10.1. The highest BCUT2D eigenvalue weighted by Gasteiger charge is 2.25. The Labute approximate surface area is 197 Å². The van der Waals surface area contributed by atoms with Gasteiger partial charge in [0.1, 0.15) is 6.61 Å². The number of cyclic esters (lactones) is 1. The van der Waals surface area contributed by atoms with E-state index < -0.39 is 10.9 Å². The number of para-hydroxylation sites is 1. The molecule has 1 aliphatic rings. The third-order valence-electron chi connectivity index (χ3n) is 4.80. The minimum absolute atomic E-state index is 0.0670. The van der Waals surface area contributed by atoms with Crippen LogP contribution in [-0.4, -0.2) is 23.9 Å². The van der Waals surface area contributed by atoms with Crippen LogP contribution in [0.1, 0.15) is 16.7 Å². The van der Waals surface area contributed by atoms with Crippen LogP contribution in [0.25, 0.3) is 6.08 Å². The van der Waals surface area contributed by atoms with Gasteiger partial charge in [-0.1, -0.05) is 46.3 Å². The molecule has 1 heterocycles. The molecule has 0 saturated heterocycles. The minimum Gasteiger partial charge on any atom is -0.493 e. The van der Waals surface area contributed by atoms with Crippen molar-refractivity contribution in [1.82, 2.24) is 0 Å². The number of halogens is 1. The number of carbonyl (C=O) groups excluding carboxylic acids is 1. The van der Waals surface area contributed by atoms with E-state index in [2.05, 4.69) is 20.9 Å². The van der Waals surface area contributed by atoms with Gasteiger partial charge in [0.2, 0.25) is 5.90 Å². The first-order valence-electron chi connectivity index (χ1n) is 9.77. The van der Waals surface area contributed by atoms with Crippen molar-refractivity contribution >= 4 is 39.6 Å². The van der Waals surface area contributed by atoms with E-state index in [0.29, 0.717) is 22.6 Å². The molecular formula is C24H17BrN2O6. The van der Waals surface area contributed by atoms with Crippen molar-refractivity contribution in [2.24, 2.45) is 4.99 Å². The Hall–Kier alpha value is -3.98. The first-order chi connectivity index (χ1) is 16.0. The van der Waals surface area contributed by atoms with Crippen LogP contribution in [0.15, 0.2) is 81.9 Å². The van der Waals surface area contributed by atoms with Gasteiger partial charge in [-0.25, -0.2) is 9.79 Å². The summed E-state index contributed by atoms with van der Waals surface area (Å²) in [7, 11) is 1.53. The summed E-state index contributed by atoms with van der Waals surface area (Å²) < 4.78 is 17.7. The number of nitrogens with zero attached hydrogens (tertiary/aromatic N) is 2. The molecule has 0 unspecified atom stereocenters. The second kappa shape index (κ2) is 9.66. The maximum absolute atomic E-state index is 12.4. The molecule has 0 fully saturated rings. The maximum Gasteiger partial charge on any atom is 0.363 e. The second-order valence-electron chi connectivity index (χ2n) is 6.90. The summed E-state index contributed by atoms with van der Waals surface area (Å²) in [5.41, 5.74) is 1.99. The number of carbonyl (C=O) groups is 1. The number of ether oxygens (including phenoxy) is 3. The van der Waals surface area contributed by atoms with Gasteiger partial charge in [-0.2, -0.15) is 0 Å². The van der Waals surface area contributed by atoms with Crippen molar-refractivity contribution in [2.75, 3.05) is 7.11 Å². The molecule has 33 heavy (non-hydrogen) atoms. The van der Waals surface area contributed by atoms with Gasteiger partial charge in [0.25, 0.3) is 5.69 Å². The maximum atomic E-state index is 12.4. The summed E-state index contributed by atoms with van der Waals surface area (Å²) in [6.45, 7) is 0.278. The molecule has 4 rings (SSSR count).